The van der Waals surface area contributed by atoms with Gasteiger partial charge < -0.3 is 19.5 Å². The van der Waals surface area contributed by atoms with Crippen LogP contribution in [0.15, 0.2) is 23.0 Å². The van der Waals surface area contributed by atoms with Gasteiger partial charge in [0.2, 0.25) is 0 Å². The van der Waals surface area contributed by atoms with Crippen LogP contribution in [-0.2, 0) is 6.54 Å². The van der Waals surface area contributed by atoms with E-state index >= 15 is 0 Å². The number of aromatic nitrogens is 2. The third-order valence-corrected chi connectivity index (χ3v) is 4.14. The molecule has 2 aromatic rings. The fourth-order valence-corrected chi connectivity index (χ4v) is 2.41. The Morgan fingerprint density at radius 3 is 2.73 bits per heavy atom. The molecule has 26 heavy (non-hydrogen) atoms. The highest BCUT2D eigenvalue weighted by Gasteiger charge is 2.16. The van der Waals surface area contributed by atoms with Gasteiger partial charge in [0.05, 0.1) is 19.8 Å². The van der Waals surface area contributed by atoms with Crippen LogP contribution in [0.4, 0.5) is 5.69 Å². The number of H-pyrrole nitrogens is 1. The molecule has 0 saturated carbocycles. The van der Waals surface area contributed by atoms with E-state index in [-0.39, 0.29) is 17.0 Å². The van der Waals surface area contributed by atoms with Crippen LogP contribution in [0, 0.1) is 0 Å². The van der Waals surface area contributed by atoms with Gasteiger partial charge in [-0.3, -0.25) is 4.79 Å². The Morgan fingerprint density at radius 1 is 1.31 bits per heavy atom. The highest BCUT2D eigenvalue weighted by molar-refractivity contribution is 6.33. The quantitative estimate of drug-likeness (QED) is 0.690. The molecule has 1 aromatic heterocycles. The zero-order valence-corrected chi connectivity index (χ0v) is 16.1. The summed E-state index contributed by atoms with van der Waals surface area (Å²) < 4.78 is 16.6. The second-order valence-electron chi connectivity index (χ2n) is 5.66. The minimum atomic E-state index is -0.476. The summed E-state index contributed by atoms with van der Waals surface area (Å²) in [6, 6.07) is 5.60. The molecule has 0 radical (unpaired) electrons. The van der Waals surface area contributed by atoms with Gasteiger partial charge in [0.15, 0.2) is 11.5 Å². The van der Waals surface area contributed by atoms with Crippen molar-refractivity contribution in [1.82, 2.24) is 10.2 Å². The standard InChI is InChI=1S/C18H24ClN3O4/c1-5-11(3)26-18-16(15(19)17(23)21-22-18)20-10-12-7-8-13(24-4)14(9-12)25-6-2/h7-9,11H,5-6,10H2,1-4H3,(H2,20,21,23). The van der Waals surface area contributed by atoms with Crippen LogP contribution in [0.1, 0.15) is 32.8 Å². The summed E-state index contributed by atoms with van der Waals surface area (Å²) in [4.78, 5) is 11.8. The summed E-state index contributed by atoms with van der Waals surface area (Å²) in [6.45, 7) is 6.76. The van der Waals surface area contributed by atoms with Crippen molar-refractivity contribution in [3.63, 3.8) is 0 Å². The third-order valence-electron chi connectivity index (χ3n) is 3.78. The Bertz CT molecular complexity index is 794. The van der Waals surface area contributed by atoms with Gasteiger partial charge in [-0.1, -0.05) is 24.6 Å². The maximum Gasteiger partial charge on any atom is 0.285 e. The molecule has 0 aliphatic heterocycles. The zero-order valence-electron chi connectivity index (χ0n) is 15.4. The molecular formula is C18H24ClN3O4. The highest BCUT2D eigenvalue weighted by atomic mass is 35.5. The Morgan fingerprint density at radius 2 is 2.08 bits per heavy atom. The van der Waals surface area contributed by atoms with Gasteiger partial charge in [0.1, 0.15) is 10.7 Å². The molecule has 0 spiro atoms. The summed E-state index contributed by atoms with van der Waals surface area (Å²) in [5, 5.41) is 9.45. The number of hydrogen-bond acceptors (Lipinski definition) is 6. The van der Waals surface area contributed by atoms with Crippen molar-refractivity contribution in [3.05, 3.63) is 39.1 Å². The van der Waals surface area contributed by atoms with Crippen LogP contribution in [0.3, 0.4) is 0 Å². The number of hydrogen-bond donors (Lipinski definition) is 2. The van der Waals surface area contributed by atoms with E-state index in [0.29, 0.717) is 30.3 Å². The number of methoxy groups -OCH3 is 1. The van der Waals surface area contributed by atoms with Gasteiger partial charge in [-0.15, -0.1) is 5.10 Å². The number of benzene rings is 1. The van der Waals surface area contributed by atoms with Crippen molar-refractivity contribution in [3.8, 4) is 17.4 Å². The molecule has 1 aromatic carbocycles. The first-order chi connectivity index (χ1) is 12.5. The molecule has 0 aliphatic carbocycles. The lowest BCUT2D eigenvalue weighted by atomic mass is 10.2. The number of halogens is 1. The maximum atomic E-state index is 11.8. The van der Waals surface area contributed by atoms with E-state index in [4.69, 9.17) is 25.8 Å². The normalized spacial score (nSPS) is 11.7. The molecule has 0 amide bonds. The third kappa shape index (κ3) is 4.82. The van der Waals surface area contributed by atoms with E-state index in [0.717, 1.165) is 12.0 Å². The number of rotatable bonds is 9. The van der Waals surface area contributed by atoms with E-state index in [1.54, 1.807) is 7.11 Å². The molecule has 1 unspecified atom stereocenters. The Kier molecular flexibility index (Phi) is 7.15. The second kappa shape index (κ2) is 9.33. The van der Waals surface area contributed by atoms with Crippen LogP contribution in [0.5, 0.6) is 17.4 Å². The first-order valence-corrected chi connectivity index (χ1v) is 8.86. The lowest BCUT2D eigenvalue weighted by Gasteiger charge is -2.17. The van der Waals surface area contributed by atoms with Crippen LogP contribution in [0.25, 0.3) is 0 Å². The van der Waals surface area contributed by atoms with E-state index in [9.17, 15) is 4.79 Å². The number of ether oxygens (including phenoxy) is 3. The Balaban J connectivity index is 2.24. The number of aromatic amines is 1. The molecule has 8 heteroatoms. The Hall–Kier alpha value is -2.41. The molecule has 2 rings (SSSR count). The molecule has 0 bridgehead atoms. The topological polar surface area (TPSA) is 85.5 Å². The van der Waals surface area contributed by atoms with Crippen molar-refractivity contribution in [2.24, 2.45) is 0 Å². The smallest absolute Gasteiger partial charge is 0.285 e. The van der Waals surface area contributed by atoms with E-state index in [1.807, 2.05) is 39.0 Å². The molecule has 1 atom stereocenters. The molecule has 0 saturated heterocycles. The molecular weight excluding hydrogens is 358 g/mol. The predicted molar refractivity (Wildman–Crippen MR) is 102 cm³/mol. The molecule has 1 heterocycles. The minimum absolute atomic E-state index is 0.0110. The largest absolute Gasteiger partial charge is 0.493 e. The van der Waals surface area contributed by atoms with Crippen molar-refractivity contribution in [2.75, 3.05) is 19.0 Å². The fraction of sp³-hybridized carbons (Fsp3) is 0.444. The summed E-state index contributed by atoms with van der Waals surface area (Å²) in [5.41, 5.74) is 0.819. The summed E-state index contributed by atoms with van der Waals surface area (Å²) in [7, 11) is 1.59. The minimum Gasteiger partial charge on any atom is -0.493 e. The average molecular weight is 382 g/mol. The molecule has 0 fully saturated rings. The van der Waals surface area contributed by atoms with Gasteiger partial charge >= 0.3 is 0 Å². The predicted octanol–water partition coefficient (Wildman–Crippen LogP) is 3.62. The van der Waals surface area contributed by atoms with Gasteiger partial charge in [-0.05, 0) is 38.0 Å². The SMILES string of the molecule is CCOc1cc(CNc2c(OC(C)CC)n[nH]c(=O)c2Cl)ccc1OC. The van der Waals surface area contributed by atoms with Gasteiger partial charge in [-0.25, -0.2) is 5.10 Å². The summed E-state index contributed by atoms with van der Waals surface area (Å²) >= 11 is 6.15. The van der Waals surface area contributed by atoms with Gasteiger partial charge in [-0.2, -0.15) is 0 Å². The summed E-state index contributed by atoms with van der Waals surface area (Å²) in [6.07, 6.45) is 0.740. The lowest BCUT2D eigenvalue weighted by Crippen LogP contribution is -2.18. The van der Waals surface area contributed by atoms with Crippen LogP contribution in [0.2, 0.25) is 5.02 Å². The van der Waals surface area contributed by atoms with Crippen molar-refractivity contribution >= 4 is 17.3 Å². The maximum absolute atomic E-state index is 11.8. The fourth-order valence-electron chi connectivity index (χ4n) is 2.22. The molecule has 142 valence electrons. The van der Waals surface area contributed by atoms with Gasteiger partial charge in [0.25, 0.3) is 11.4 Å². The van der Waals surface area contributed by atoms with Crippen LogP contribution < -0.4 is 25.1 Å². The molecule has 0 aliphatic rings. The van der Waals surface area contributed by atoms with Gasteiger partial charge in [0, 0.05) is 6.54 Å². The van der Waals surface area contributed by atoms with Crippen LogP contribution in [-0.4, -0.2) is 30.0 Å². The number of nitrogens with one attached hydrogen (secondary N) is 2. The average Bonchev–Trinajstić information content (AvgIpc) is 2.64. The van der Waals surface area contributed by atoms with Crippen molar-refractivity contribution in [1.29, 1.82) is 0 Å². The number of anilines is 1. The Labute approximate surface area is 157 Å². The first kappa shape index (κ1) is 19.9. The molecule has 7 nitrogen and oxygen atoms in total. The van der Waals surface area contributed by atoms with Crippen LogP contribution >= 0.6 is 11.6 Å². The molecule has 2 N–H and O–H groups in total. The monoisotopic (exact) mass is 381 g/mol. The summed E-state index contributed by atoms with van der Waals surface area (Å²) in [5.74, 6) is 1.58. The van der Waals surface area contributed by atoms with Crippen molar-refractivity contribution < 1.29 is 14.2 Å². The number of nitrogens with zero attached hydrogens (tertiary/aromatic N) is 1. The van der Waals surface area contributed by atoms with E-state index < -0.39 is 5.56 Å². The van der Waals surface area contributed by atoms with E-state index in [2.05, 4.69) is 15.5 Å². The van der Waals surface area contributed by atoms with Crippen molar-refractivity contribution in [2.45, 2.75) is 39.8 Å². The first-order valence-electron chi connectivity index (χ1n) is 8.48. The second-order valence-corrected chi connectivity index (χ2v) is 6.03. The zero-order chi connectivity index (χ0) is 19.1. The highest BCUT2D eigenvalue weighted by Crippen LogP contribution is 2.31. The lowest BCUT2D eigenvalue weighted by molar-refractivity contribution is 0.207. The van der Waals surface area contributed by atoms with E-state index in [1.165, 1.54) is 0 Å².